The number of sulfonamides is 1. The van der Waals surface area contributed by atoms with Crippen molar-refractivity contribution in [2.75, 3.05) is 18.8 Å². The minimum absolute atomic E-state index is 0.164. The maximum atomic E-state index is 12.9. The van der Waals surface area contributed by atoms with Gasteiger partial charge in [0.25, 0.3) is 0 Å². The number of alkyl halides is 3. The molecule has 2 N–H and O–H groups in total. The Hall–Kier alpha value is -1.28. The molecule has 1 aliphatic heterocycles. The van der Waals surface area contributed by atoms with E-state index < -0.39 is 21.8 Å². The molecule has 124 valence electrons. The second kappa shape index (κ2) is 6.08. The molecule has 0 aromatic heterocycles. The highest BCUT2D eigenvalue weighted by atomic mass is 32.2. The minimum atomic E-state index is -4.63. The van der Waals surface area contributed by atoms with Crippen LogP contribution in [0.15, 0.2) is 17.0 Å². The highest BCUT2D eigenvalue weighted by Gasteiger charge is 2.35. The summed E-state index contributed by atoms with van der Waals surface area (Å²) in [5, 5.41) is 0. The molecule has 0 spiro atoms. The summed E-state index contributed by atoms with van der Waals surface area (Å²) in [5.41, 5.74) is 4.55. The zero-order valence-electron chi connectivity index (χ0n) is 12.3. The van der Waals surface area contributed by atoms with E-state index in [1.807, 2.05) is 0 Å². The van der Waals surface area contributed by atoms with Crippen LogP contribution >= 0.6 is 0 Å². The van der Waals surface area contributed by atoms with Crippen LogP contribution in [0.4, 0.5) is 18.9 Å². The van der Waals surface area contributed by atoms with Crippen molar-refractivity contribution in [1.82, 2.24) is 4.31 Å². The van der Waals surface area contributed by atoms with Crippen LogP contribution in [-0.4, -0.2) is 25.8 Å². The minimum Gasteiger partial charge on any atom is -0.398 e. The maximum Gasteiger partial charge on any atom is 0.416 e. The van der Waals surface area contributed by atoms with E-state index in [0.29, 0.717) is 32.0 Å². The van der Waals surface area contributed by atoms with Gasteiger partial charge in [0.15, 0.2) is 0 Å². The van der Waals surface area contributed by atoms with E-state index in [9.17, 15) is 21.6 Å². The molecule has 1 aromatic rings. The fraction of sp³-hybridized carbons (Fsp3) is 0.571. The van der Waals surface area contributed by atoms with Gasteiger partial charge >= 0.3 is 6.18 Å². The lowest BCUT2D eigenvalue weighted by Crippen LogP contribution is -2.32. The first kappa shape index (κ1) is 17.1. The summed E-state index contributed by atoms with van der Waals surface area (Å²) in [5.74, 6) is 0. The van der Waals surface area contributed by atoms with Gasteiger partial charge in [0, 0.05) is 18.8 Å². The number of hydrogen-bond acceptors (Lipinski definition) is 3. The van der Waals surface area contributed by atoms with Crippen LogP contribution < -0.4 is 5.73 Å². The Kier molecular flexibility index (Phi) is 4.72. The van der Waals surface area contributed by atoms with Gasteiger partial charge in [-0.1, -0.05) is 12.8 Å². The molecule has 1 aromatic carbocycles. The van der Waals surface area contributed by atoms with E-state index >= 15 is 0 Å². The van der Waals surface area contributed by atoms with Crippen LogP contribution in [-0.2, 0) is 16.2 Å². The molecule has 2 rings (SSSR count). The summed E-state index contributed by atoms with van der Waals surface area (Å²) in [6.45, 7) is 2.09. The van der Waals surface area contributed by atoms with Crippen molar-refractivity contribution in [2.45, 2.75) is 43.7 Å². The molecule has 0 bridgehead atoms. The summed E-state index contributed by atoms with van der Waals surface area (Å²) < 4.78 is 65.4. The van der Waals surface area contributed by atoms with E-state index in [-0.39, 0.29) is 16.1 Å². The van der Waals surface area contributed by atoms with Gasteiger partial charge in [-0.25, -0.2) is 8.42 Å². The first-order chi connectivity index (χ1) is 10.1. The maximum absolute atomic E-state index is 12.9. The van der Waals surface area contributed by atoms with Gasteiger partial charge in [-0.05, 0) is 37.5 Å². The monoisotopic (exact) mass is 336 g/mol. The average Bonchev–Trinajstić information content (AvgIpc) is 2.69. The Morgan fingerprint density at radius 2 is 1.64 bits per heavy atom. The third-order valence-electron chi connectivity index (χ3n) is 3.91. The van der Waals surface area contributed by atoms with Gasteiger partial charge in [-0.2, -0.15) is 17.5 Å². The average molecular weight is 336 g/mol. The Labute approximate surface area is 128 Å². The van der Waals surface area contributed by atoms with Crippen molar-refractivity contribution >= 4 is 15.7 Å². The highest BCUT2D eigenvalue weighted by molar-refractivity contribution is 7.89. The quantitative estimate of drug-likeness (QED) is 0.844. The second-order valence-electron chi connectivity index (χ2n) is 5.50. The van der Waals surface area contributed by atoms with Crippen LogP contribution in [0, 0.1) is 6.92 Å². The molecule has 1 aliphatic rings. The number of anilines is 1. The lowest BCUT2D eigenvalue weighted by atomic mass is 10.1. The molecule has 0 radical (unpaired) electrons. The molecule has 1 heterocycles. The van der Waals surface area contributed by atoms with Crippen molar-refractivity contribution in [3.63, 3.8) is 0 Å². The van der Waals surface area contributed by atoms with Gasteiger partial charge in [0.1, 0.15) is 0 Å². The fourth-order valence-corrected chi connectivity index (χ4v) is 4.36. The highest BCUT2D eigenvalue weighted by Crippen LogP contribution is 2.35. The topological polar surface area (TPSA) is 63.4 Å². The normalized spacial score (nSPS) is 18.2. The fourth-order valence-electron chi connectivity index (χ4n) is 2.56. The summed E-state index contributed by atoms with van der Waals surface area (Å²) in [6, 6.07) is 1.46. The van der Waals surface area contributed by atoms with Crippen LogP contribution in [0.5, 0.6) is 0 Å². The summed E-state index contributed by atoms with van der Waals surface area (Å²) in [4.78, 5) is -0.346. The van der Waals surface area contributed by atoms with Crippen LogP contribution in [0.1, 0.15) is 36.8 Å². The smallest absolute Gasteiger partial charge is 0.398 e. The van der Waals surface area contributed by atoms with E-state index in [2.05, 4.69) is 0 Å². The zero-order chi connectivity index (χ0) is 16.5. The second-order valence-corrected chi connectivity index (χ2v) is 7.41. The largest absolute Gasteiger partial charge is 0.416 e. The van der Waals surface area contributed by atoms with E-state index in [4.69, 9.17) is 5.73 Å². The van der Waals surface area contributed by atoms with Crippen molar-refractivity contribution in [2.24, 2.45) is 0 Å². The predicted octanol–water partition coefficient (Wildman–Crippen LogP) is 3.16. The number of hydrogen-bond donors (Lipinski definition) is 1. The number of rotatable bonds is 2. The number of halogens is 3. The standard InChI is InChI=1S/C14H19F3N2O2S/c1-10-12(18)8-11(14(15,16)17)9-13(10)22(20,21)19-6-4-2-3-5-7-19/h8-9H,2-7,18H2,1H3. The van der Waals surface area contributed by atoms with Gasteiger partial charge < -0.3 is 5.73 Å². The molecule has 0 unspecified atom stereocenters. The van der Waals surface area contributed by atoms with E-state index in [1.54, 1.807) is 0 Å². The molecule has 1 fully saturated rings. The zero-order valence-corrected chi connectivity index (χ0v) is 13.1. The predicted molar refractivity (Wildman–Crippen MR) is 77.8 cm³/mol. The number of benzene rings is 1. The molecular weight excluding hydrogens is 317 g/mol. The molecule has 8 heteroatoms. The number of nitrogens with two attached hydrogens (primary N) is 1. The van der Waals surface area contributed by atoms with E-state index in [0.717, 1.165) is 18.9 Å². The number of nitrogens with zero attached hydrogens (tertiary/aromatic N) is 1. The van der Waals surface area contributed by atoms with Crippen molar-refractivity contribution in [3.05, 3.63) is 23.3 Å². The van der Waals surface area contributed by atoms with Crippen molar-refractivity contribution in [3.8, 4) is 0 Å². The lowest BCUT2D eigenvalue weighted by Gasteiger charge is -2.22. The van der Waals surface area contributed by atoms with Crippen LogP contribution in [0.25, 0.3) is 0 Å². The summed E-state index contributed by atoms with van der Waals surface area (Å²) in [6.07, 6.45) is -1.35. The van der Waals surface area contributed by atoms with Crippen molar-refractivity contribution < 1.29 is 21.6 Å². The SMILES string of the molecule is Cc1c(N)cc(C(F)(F)F)cc1S(=O)(=O)N1CCCCCC1. The number of nitrogen functional groups attached to an aromatic ring is 1. The lowest BCUT2D eigenvalue weighted by molar-refractivity contribution is -0.137. The van der Waals surface area contributed by atoms with Gasteiger partial charge in [0.2, 0.25) is 10.0 Å². The van der Waals surface area contributed by atoms with E-state index in [1.165, 1.54) is 11.2 Å². The Balaban J connectivity index is 2.52. The third-order valence-corrected chi connectivity index (χ3v) is 5.94. The Morgan fingerprint density at radius 3 is 2.14 bits per heavy atom. The first-order valence-electron chi connectivity index (χ1n) is 7.11. The van der Waals surface area contributed by atoms with Gasteiger partial charge in [-0.3, -0.25) is 0 Å². The third kappa shape index (κ3) is 3.38. The molecule has 0 atom stereocenters. The molecule has 4 nitrogen and oxygen atoms in total. The molecule has 0 saturated carbocycles. The Morgan fingerprint density at radius 1 is 1.09 bits per heavy atom. The van der Waals surface area contributed by atoms with Crippen LogP contribution in [0.3, 0.4) is 0 Å². The molecule has 1 saturated heterocycles. The Bertz CT molecular complexity index is 649. The molecular formula is C14H19F3N2O2S. The van der Waals surface area contributed by atoms with Gasteiger partial charge in [-0.15, -0.1) is 0 Å². The summed E-state index contributed by atoms with van der Waals surface area (Å²) >= 11 is 0. The van der Waals surface area contributed by atoms with Crippen molar-refractivity contribution in [1.29, 1.82) is 0 Å². The molecule has 0 aliphatic carbocycles. The summed E-state index contributed by atoms with van der Waals surface area (Å²) in [7, 11) is -3.97. The van der Waals surface area contributed by atoms with Crippen LogP contribution in [0.2, 0.25) is 0 Å². The molecule has 0 amide bonds. The van der Waals surface area contributed by atoms with Gasteiger partial charge in [0.05, 0.1) is 10.5 Å². The first-order valence-corrected chi connectivity index (χ1v) is 8.55. The molecule has 22 heavy (non-hydrogen) atoms.